The summed E-state index contributed by atoms with van der Waals surface area (Å²) >= 11 is 0. The van der Waals surface area contributed by atoms with Gasteiger partial charge in [-0.1, -0.05) is 13.0 Å². The number of aromatic nitrogens is 2. The SMILES string of the molecule is CCC(N)C(CC(=O)O)c1cn2ccccc2n1. The van der Waals surface area contributed by atoms with Gasteiger partial charge < -0.3 is 15.2 Å². The molecule has 0 amide bonds. The highest BCUT2D eigenvalue weighted by Crippen LogP contribution is 2.24. The van der Waals surface area contributed by atoms with E-state index in [9.17, 15) is 4.79 Å². The normalized spacial score (nSPS) is 14.6. The van der Waals surface area contributed by atoms with Gasteiger partial charge >= 0.3 is 5.97 Å². The van der Waals surface area contributed by atoms with Gasteiger partial charge in [-0.25, -0.2) is 4.98 Å². The largest absolute Gasteiger partial charge is 0.481 e. The van der Waals surface area contributed by atoms with Crippen LogP contribution in [-0.4, -0.2) is 26.5 Å². The number of nitrogens with two attached hydrogens (primary N) is 1. The number of nitrogens with zero attached hydrogens (tertiary/aromatic N) is 2. The lowest BCUT2D eigenvalue weighted by Gasteiger charge is -2.18. The van der Waals surface area contributed by atoms with Crippen LogP contribution in [0.15, 0.2) is 30.6 Å². The van der Waals surface area contributed by atoms with Crippen molar-refractivity contribution in [1.29, 1.82) is 0 Å². The number of pyridine rings is 1. The summed E-state index contributed by atoms with van der Waals surface area (Å²) in [5.74, 6) is -1.09. The third-order valence-corrected chi connectivity index (χ3v) is 3.15. The van der Waals surface area contributed by atoms with E-state index in [1.165, 1.54) is 0 Å². The van der Waals surface area contributed by atoms with Crippen LogP contribution in [0.1, 0.15) is 31.4 Å². The van der Waals surface area contributed by atoms with Crippen LogP contribution in [0.5, 0.6) is 0 Å². The molecular weight excluding hydrogens is 230 g/mol. The summed E-state index contributed by atoms with van der Waals surface area (Å²) in [4.78, 5) is 15.4. The van der Waals surface area contributed by atoms with Gasteiger partial charge in [0.05, 0.1) is 12.1 Å². The Morgan fingerprint density at radius 3 is 2.94 bits per heavy atom. The Morgan fingerprint density at radius 2 is 2.33 bits per heavy atom. The number of imidazole rings is 1. The van der Waals surface area contributed by atoms with E-state index in [0.29, 0.717) is 0 Å². The van der Waals surface area contributed by atoms with Gasteiger partial charge in [0.1, 0.15) is 5.65 Å². The third kappa shape index (κ3) is 2.51. The van der Waals surface area contributed by atoms with Crippen molar-refractivity contribution in [3.63, 3.8) is 0 Å². The molecule has 5 nitrogen and oxygen atoms in total. The number of fused-ring (bicyclic) bond motifs is 1. The molecule has 2 aromatic rings. The molecule has 0 saturated heterocycles. The van der Waals surface area contributed by atoms with Crippen LogP contribution >= 0.6 is 0 Å². The summed E-state index contributed by atoms with van der Waals surface area (Å²) < 4.78 is 1.88. The maximum atomic E-state index is 10.9. The van der Waals surface area contributed by atoms with Crippen LogP contribution in [0.4, 0.5) is 0 Å². The minimum Gasteiger partial charge on any atom is -0.481 e. The Balaban J connectivity index is 2.37. The predicted molar refractivity (Wildman–Crippen MR) is 68.5 cm³/mol. The van der Waals surface area contributed by atoms with Crippen molar-refractivity contribution >= 4 is 11.6 Å². The summed E-state index contributed by atoms with van der Waals surface area (Å²) in [5, 5.41) is 8.97. The summed E-state index contributed by atoms with van der Waals surface area (Å²) in [6.07, 6.45) is 4.49. The van der Waals surface area contributed by atoms with Crippen molar-refractivity contribution in [2.45, 2.75) is 31.7 Å². The molecule has 3 N–H and O–H groups in total. The Bertz CT molecular complexity index is 517. The van der Waals surface area contributed by atoms with Gasteiger partial charge in [0.15, 0.2) is 0 Å². The van der Waals surface area contributed by atoms with Crippen LogP contribution in [0, 0.1) is 0 Å². The van der Waals surface area contributed by atoms with Gasteiger partial charge in [0.2, 0.25) is 0 Å². The van der Waals surface area contributed by atoms with E-state index in [2.05, 4.69) is 4.98 Å². The highest BCUT2D eigenvalue weighted by molar-refractivity contribution is 5.68. The highest BCUT2D eigenvalue weighted by Gasteiger charge is 2.24. The fourth-order valence-corrected chi connectivity index (χ4v) is 2.08. The summed E-state index contributed by atoms with van der Waals surface area (Å²) in [7, 11) is 0. The first-order chi connectivity index (χ1) is 8.61. The first-order valence-electron chi connectivity index (χ1n) is 6.02. The topological polar surface area (TPSA) is 80.6 Å². The van der Waals surface area contributed by atoms with Crippen molar-refractivity contribution in [3.8, 4) is 0 Å². The number of rotatable bonds is 5. The molecule has 2 unspecified atom stereocenters. The minimum absolute atomic E-state index is 0.0128. The maximum absolute atomic E-state index is 10.9. The van der Waals surface area contributed by atoms with Crippen LogP contribution in [-0.2, 0) is 4.79 Å². The van der Waals surface area contributed by atoms with Gasteiger partial charge in [0.25, 0.3) is 0 Å². The summed E-state index contributed by atoms with van der Waals surface area (Å²) in [5.41, 5.74) is 7.57. The number of carbonyl (C=O) groups is 1. The van der Waals surface area contributed by atoms with Crippen molar-refractivity contribution in [2.75, 3.05) is 0 Å². The highest BCUT2D eigenvalue weighted by atomic mass is 16.4. The van der Waals surface area contributed by atoms with Crippen LogP contribution < -0.4 is 5.73 Å². The Hall–Kier alpha value is -1.88. The van der Waals surface area contributed by atoms with Gasteiger partial charge in [-0.2, -0.15) is 0 Å². The van der Waals surface area contributed by atoms with E-state index in [4.69, 9.17) is 10.8 Å². The van der Waals surface area contributed by atoms with Crippen LogP contribution in [0.25, 0.3) is 5.65 Å². The average molecular weight is 247 g/mol. The van der Waals surface area contributed by atoms with Crippen molar-refractivity contribution in [2.24, 2.45) is 5.73 Å². The molecule has 96 valence electrons. The molecule has 0 fully saturated rings. The van der Waals surface area contributed by atoms with E-state index in [-0.39, 0.29) is 18.4 Å². The lowest BCUT2D eigenvalue weighted by Crippen LogP contribution is -2.29. The molecule has 2 aromatic heterocycles. The van der Waals surface area contributed by atoms with E-state index in [1.807, 2.05) is 41.9 Å². The van der Waals surface area contributed by atoms with Crippen LogP contribution in [0.2, 0.25) is 0 Å². The second kappa shape index (κ2) is 5.18. The van der Waals surface area contributed by atoms with E-state index in [0.717, 1.165) is 17.8 Å². The molecule has 2 atom stereocenters. The van der Waals surface area contributed by atoms with E-state index >= 15 is 0 Å². The zero-order chi connectivity index (χ0) is 13.1. The second-order valence-corrected chi connectivity index (χ2v) is 4.41. The second-order valence-electron chi connectivity index (χ2n) is 4.41. The van der Waals surface area contributed by atoms with Gasteiger partial charge in [-0.15, -0.1) is 0 Å². The zero-order valence-corrected chi connectivity index (χ0v) is 10.3. The number of carboxylic acid groups (broad SMARTS) is 1. The fraction of sp³-hybridized carbons (Fsp3) is 0.385. The molecule has 0 aromatic carbocycles. The summed E-state index contributed by atoms with van der Waals surface area (Å²) in [6.45, 7) is 1.95. The molecule has 0 saturated carbocycles. The standard InChI is InChI=1S/C13H17N3O2/c1-2-10(14)9(7-13(17)18)11-8-16-6-4-3-5-12(16)15-11/h3-6,8-10H,2,7,14H2,1H3,(H,17,18). The molecule has 18 heavy (non-hydrogen) atoms. The average Bonchev–Trinajstić information content (AvgIpc) is 2.78. The lowest BCUT2D eigenvalue weighted by molar-refractivity contribution is -0.137. The Labute approximate surface area is 105 Å². The molecular formula is C13H17N3O2. The summed E-state index contributed by atoms with van der Waals surface area (Å²) in [6, 6.07) is 5.51. The van der Waals surface area contributed by atoms with Crippen molar-refractivity contribution in [3.05, 3.63) is 36.3 Å². The first-order valence-corrected chi connectivity index (χ1v) is 6.02. The van der Waals surface area contributed by atoms with E-state index in [1.54, 1.807) is 0 Å². The molecule has 0 bridgehead atoms. The number of hydrogen-bond donors (Lipinski definition) is 2. The van der Waals surface area contributed by atoms with Gasteiger partial charge in [-0.05, 0) is 18.6 Å². The number of aliphatic carboxylic acids is 1. The zero-order valence-electron chi connectivity index (χ0n) is 10.3. The van der Waals surface area contributed by atoms with Crippen molar-refractivity contribution < 1.29 is 9.90 Å². The molecule has 0 aliphatic heterocycles. The molecule has 0 radical (unpaired) electrons. The monoisotopic (exact) mass is 247 g/mol. The van der Waals surface area contributed by atoms with Gasteiger partial charge in [-0.3, -0.25) is 4.79 Å². The van der Waals surface area contributed by atoms with Gasteiger partial charge in [0, 0.05) is 24.4 Å². The molecule has 2 rings (SSSR count). The molecule has 0 spiro atoms. The molecule has 0 aliphatic carbocycles. The Kier molecular flexibility index (Phi) is 3.62. The minimum atomic E-state index is -0.846. The third-order valence-electron chi connectivity index (χ3n) is 3.15. The lowest BCUT2D eigenvalue weighted by atomic mass is 9.92. The number of hydrogen-bond acceptors (Lipinski definition) is 3. The molecule has 0 aliphatic rings. The Morgan fingerprint density at radius 1 is 1.56 bits per heavy atom. The molecule has 5 heteroatoms. The maximum Gasteiger partial charge on any atom is 0.304 e. The molecule has 2 heterocycles. The predicted octanol–water partition coefficient (Wildman–Crippen LogP) is 1.63. The smallest absolute Gasteiger partial charge is 0.304 e. The van der Waals surface area contributed by atoms with Crippen LogP contribution in [0.3, 0.4) is 0 Å². The quantitative estimate of drug-likeness (QED) is 0.841. The first kappa shape index (κ1) is 12.6. The van der Waals surface area contributed by atoms with E-state index < -0.39 is 5.97 Å². The fourth-order valence-electron chi connectivity index (χ4n) is 2.08. The van der Waals surface area contributed by atoms with Crippen molar-refractivity contribution in [1.82, 2.24) is 9.38 Å². The number of carboxylic acids is 1.